The highest BCUT2D eigenvalue weighted by molar-refractivity contribution is 5.84. The molecule has 0 unspecified atom stereocenters. The van der Waals surface area contributed by atoms with Crippen LogP contribution in [0.2, 0.25) is 0 Å². The van der Waals surface area contributed by atoms with E-state index in [1.807, 2.05) is 16.8 Å². The number of non-ortho nitro benzene ring substituents is 1. The van der Waals surface area contributed by atoms with Gasteiger partial charge in [0, 0.05) is 29.4 Å². The van der Waals surface area contributed by atoms with Crippen LogP contribution in [0.3, 0.4) is 0 Å². The molecular formula is C17H16N2O2. The normalized spacial score (nSPS) is 11.2. The van der Waals surface area contributed by atoms with Gasteiger partial charge in [-0.25, -0.2) is 0 Å². The Balaban J connectivity index is 2.06. The first-order valence-electron chi connectivity index (χ1n) is 6.92. The van der Waals surface area contributed by atoms with Gasteiger partial charge in [0.15, 0.2) is 0 Å². The van der Waals surface area contributed by atoms with Gasteiger partial charge in [0.2, 0.25) is 0 Å². The van der Waals surface area contributed by atoms with Crippen LogP contribution >= 0.6 is 0 Å². The average Bonchev–Trinajstić information content (AvgIpc) is 2.90. The number of nitrogens with zero attached hydrogens (tertiary/aromatic N) is 2. The summed E-state index contributed by atoms with van der Waals surface area (Å²) in [6.07, 6.45) is 1.94. The summed E-state index contributed by atoms with van der Waals surface area (Å²) >= 11 is 0. The van der Waals surface area contributed by atoms with Crippen LogP contribution in [0.25, 0.3) is 16.6 Å². The molecule has 0 aliphatic rings. The van der Waals surface area contributed by atoms with E-state index in [-0.39, 0.29) is 10.6 Å². The van der Waals surface area contributed by atoms with Crippen LogP contribution in [-0.2, 0) is 0 Å². The number of hydrogen-bond acceptors (Lipinski definition) is 2. The molecule has 0 radical (unpaired) electrons. The molecule has 21 heavy (non-hydrogen) atoms. The molecule has 0 N–H and O–H groups in total. The minimum Gasteiger partial charge on any atom is -0.317 e. The first-order chi connectivity index (χ1) is 10.1. The van der Waals surface area contributed by atoms with E-state index in [9.17, 15) is 10.1 Å². The average molecular weight is 280 g/mol. The van der Waals surface area contributed by atoms with Gasteiger partial charge in [0.25, 0.3) is 5.69 Å². The van der Waals surface area contributed by atoms with Crippen LogP contribution < -0.4 is 0 Å². The zero-order valence-corrected chi connectivity index (χ0v) is 12.0. The highest BCUT2D eigenvalue weighted by Crippen LogP contribution is 2.25. The fourth-order valence-corrected chi connectivity index (χ4v) is 2.49. The lowest BCUT2D eigenvalue weighted by Crippen LogP contribution is -1.94. The van der Waals surface area contributed by atoms with E-state index in [1.54, 1.807) is 18.2 Å². The third-order valence-corrected chi connectivity index (χ3v) is 3.72. The molecule has 0 atom stereocenters. The Morgan fingerprint density at radius 1 is 1.05 bits per heavy atom. The Morgan fingerprint density at radius 2 is 1.76 bits per heavy atom. The van der Waals surface area contributed by atoms with Gasteiger partial charge in [-0.3, -0.25) is 10.1 Å². The number of nitro groups is 1. The molecule has 1 aromatic heterocycles. The molecule has 1 heterocycles. The summed E-state index contributed by atoms with van der Waals surface area (Å²) in [5.41, 5.74) is 3.45. The highest BCUT2D eigenvalue weighted by atomic mass is 16.6. The maximum absolute atomic E-state index is 10.8. The van der Waals surface area contributed by atoms with Gasteiger partial charge in [-0.05, 0) is 35.7 Å². The third kappa shape index (κ3) is 2.40. The van der Waals surface area contributed by atoms with Gasteiger partial charge in [0.1, 0.15) is 0 Å². The van der Waals surface area contributed by atoms with Gasteiger partial charge in [-0.15, -0.1) is 0 Å². The van der Waals surface area contributed by atoms with Crippen LogP contribution in [0.4, 0.5) is 5.69 Å². The number of hydrogen-bond donors (Lipinski definition) is 0. The van der Waals surface area contributed by atoms with Crippen LogP contribution in [-0.4, -0.2) is 9.49 Å². The molecule has 0 saturated heterocycles. The van der Waals surface area contributed by atoms with Crippen molar-refractivity contribution in [1.29, 1.82) is 0 Å². The van der Waals surface area contributed by atoms with Crippen molar-refractivity contribution in [1.82, 2.24) is 4.57 Å². The Morgan fingerprint density at radius 3 is 2.38 bits per heavy atom. The fraction of sp³-hybridized carbons (Fsp3) is 0.176. The SMILES string of the molecule is CC(C)c1ccc(-n2ccc3cc([N+](=O)[O-])ccc32)cc1. The molecule has 0 aliphatic heterocycles. The van der Waals surface area contributed by atoms with Gasteiger partial charge in [0.05, 0.1) is 10.4 Å². The second-order valence-corrected chi connectivity index (χ2v) is 5.43. The summed E-state index contributed by atoms with van der Waals surface area (Å²) in [4.78, 5) is 10.5. The number of nitro benzene ring substituents is 1. The maximum atomic E-state index is 10.8. The van der Waals surface area contributed by atoms with Crippen molar-refractivity contribution in [3.63, 3.8) is 0 Å². The molecule has 0 bridgehead atoms. The summed E-state index contributed by atoms with van der Waals surface area (Å²) in [5, 5.41) is 11.7. The van der Waals surface area contributed by atoms with Crippen LogP contribution in [0.1, 0.15) is 25.3 Å². The lowest BCUT2D eigenvalue weighted by molar-refractivity contribution is -0.384. The quantitative estimate of drug-likeness (QED) is 0.517. The summed E-state index contributed by atoms with van der Waals surface area (Å²) < 4.78 is 2.04. The molecule has 0 fully saturated rings. The first kappa shape index (κ1) is 13.4. The molecule has 0 amide bonds. The Labute approximate surface area is 122 Å². The van der Waals surface area contributed by atoms with Crippen molar-refractivity contribution >= 4 is 16.6 Å². The van der Waals surface area contributed by atoms with Crippen molar-refractivity contribution in [2.45, 2.75) is 19.8 Å². The van der Waals surface area contributed by atoms with E-state index >= 15 is 0 Å². The molecule has 106 valence electrons. The first-order valence-corrected chi connectivity index (χ1v) is 6.92. The number of rotatable bonds is 3. The third-order valence-electron chi connectivity index (χ3n) is 3.72. The number of benzene rings is 2. The second kappa shape index (κ2) is 5.05. The van der Waals surface area contributed by atoms with Crippen LogP contribution in [0, 0.1) is 10.1 Å². The van der Waals surface area contributed by atoms with E-state index in [4.69, 9.17) is 0 Å². The van der Waals surface area contributed by atoms with Crippen molar-refractivity contribution in [3.05, 3.63) is 70.4 Å². The molecule has 2 aromatic carbocycles. The fourth-order valence-electron chi connectivity index (χ4n) is 2.49. The Hall–Kier alpha value is -2.62. The molecule has 0 saturated carbocycles. The monoisotopic (exact) mass is 280 g/mol. The highest BCUT2D eigenvalue weighted by Gasteiger charge is 2.09. The van der Waals surface area contributed by atoms with Crippen LogP contribution in [0.15, 0.2) is 54.7 Å². The zero-order chi connectivity index (χ0) is 15.0. The molecule has 4 nitrogen and oxygen atoms in total. The smallest absolute Gasteiger partial charge is 0.270 e. The topological polar surface area (TPSA) is 48.1 Å². The molecule has 0 spiro atoms. The summed E-state index contributed by atoms with van der Waals surface area (Å²) in [6, 6.07) is 15.2. The standard InChI is InChI=1S/C17H16N2O2/c1-12(2)13-3-5-15(6-4-13)18-10-9-14-11-16(19(20)21)7-8-17(14)18/h3-12H,1-2H3. The molecular weight excluding hydrogens is 264 g/mol. The number of aromatic nitrogens is 1. The lowest BCUT2D eigenvalue weighted by Gasteiger charge is -2.09. The second-order valence-electron chi connectivity index (χ2n) is 5.43. The van der Waals surface area contributed by atoms with E-state index in [0.717, 1.165) is 16.6 Å². The lowest BCUT2D eigenvalue weighted by atomic mass is 10.0. The van der Waals surface area contributed by atoms with Gasteiger partial charge < -0.3 is 4.57 Å². The van der Waals surface area contributed by atoms with Gasteiger partial charge in [-0.2, -0.15) is 0 Å². The largest absolute Gasteiger partial charge is 0.317 e. The number of fused-ring (bicyclic) bond motifs is 1. The minimum atomic E-state index is -0.367. The Kier molecular flexibility index (Phi) is 3.22. The Bertz CT molecular complexity index is 801. The van der Waals surface area contributed by atoms with Crippen molar-refractivity contribution in [2.24, 2.45) is 0 Å². The van der Waals surface area contributed by atoms with Crippen molar-refractivity contribution in [2.75, 3.05) is 0 Å². The molecule has 3 aromatic rings. The van der Waals surface area contributed by atoms with E-state index in [2.05, 4.69) is 38.1 Å². The van der Waals surface area contributed by atoms with E-state index < -0.39 is 0 Å². The molecule has 3 rings (SSSR count). The summed E-state index contributed by atoms with van der Waals surface area (Å²) in [7, 11) is 0. The maximum Gasteiger partial charge on any atom is 0.270 e. The molecule has 0 aliphatic carbocycles. The summed E-state index contributed by atoms with van der Waals surface area (Å²) in [6.45, 7) is 4.33. The predicted octanol–water partition coefficient (Wildman–Crippen LogP) is 4.66. The zero-order valence-electron chi connectivity index (χ0n) is 12.0. The van der Waals surface area contributed by atoms with Crippen LogP contribution in [0.5, 0.6) is 0 Å². The summed E-state index contributed by atoms with van der Waals surface area (Å²) in [5.74, 6) is 0.503. The predicted molar refractivity (Wildman–Crippen MR) is 84.0 cm³/mol. The molecule has 4 heteroatoms. The van der Waals surface area contributed by atoms with Gasteiger partial charge >= 0.3 is 0 Å². The van der Waals surface area contributed by atoms with Gasteiger partial charge in [-0.1, -0.05) is 26.0 Å². The van der Waals surface area contributed by atoms with Crippen molar-refractivity contribution < 1.29 is 4.92 Å². The van der Waals surface area contributed by atoms with Crippen molar-refractivity contribution in [3.8, 4) is 5.69 Å². The van der Waals surface area contributed by atoms with E-state index in [1.165, 1.54) is 5.56 Å². The minimum absolute atomic E-state index is 0.121. The van der Waals surface area contributed by atoms with E-state index in [0.29, 0.717) is 5.92 Å².